The number of rotatable bonds is 3. The first-order chi connectivity index (χ1) is 14.2. The average molecular weight is 402 g/mol. The van der Waals surface area contributed by atoms with Gasteiger partial charge in [-0.3, -0.25) is 0 Å². The fourth-order valence-corrected chi connectivity index (χ4v) is 4.83. The van der Waals surface area contributed by atoms with Crippen molar-refractivity contribution >= 4 is 33.3 Å². The highest BCUT2D eigenvalue weighted by Crippen LogP contribution is 2.39. The molecule has 3 aromatic carbocycles. The molecule has 1 saturated carbocycles. The van der Waals surface area contributed by atoms with Crippen LogP contribution in [0.1, 0.15) is 43.8 Å². The van der Waals surface area contributed by atoms with E-state index in [-0.39, 0.29) is 0 Å². The van der Waals surface area contributed by atoms with Gasteiger partial charge in [-0.15, -0.1) is 0 Å². The molecule has 1 fully saturated rings. The van der Waals surface area contributed by atoms with E-state index in [1.807, 2.05) is 24.3 Å². The van der Waals surface area contributed by atoms with Gasteiger partial charge in [-0.1, -0.05) is 79.4 Å². The molecule has 2 nitrogen and oxygen atoms in total. The fourth-order valence-electron chi connectivity index (χ4n) is 4.70. The summed E-state index contributed by atoms with van der Waals surface area (Å²) in [6, 6.07) is 22.5. The molecule has 0 aliphatic heterocycles. The zero-order valence-electron chi connectivity index (χ0n) is 16.3. The van der Waals surface area contributed by atoms with Gasteiger partial charge in [0, 0.05) is 21.4 Å². The molecule has 1 aromatic heterocycles. The van der Waals surface area contributed by atoms with Crippen LogP contribution in [-0.2, 0) is 0 Å². The van der Waals surface area contributed by atoms with E-state index in [1.54, 1.807) is 0 Å². The molecule has 0 saturated heterocycles. The first kappa shape index (κ1) is 18.6. The van der Waals surface area contributed by atoms with E-state index in [0.717, 1.165) is 46.0 Å². The minimum Gasteiger partial charge on any atom is -0.388 e. The fraction of sp³-hybridized carbons (Fsp3) is 0.269. The Kier molecular flexibility index (Phi) is 4.99. The number of nitrogens with zero attached hydrogens (tertiary/aromatic N) is 1. The summed E-state index contributed by atoms with van der Waals surface area (Å²) < 4.78 is 0. The van der Waals surface area contributed by atoms with E-state index in [1.165, 1.54) is 24.6 Å². The van der Waals surface area contributed by atoms with Gasteiger partial charge < -0.3 is 5.11 Å². The molecule has 1 N–H and O–H groups in total. The molecule has 5 rings (SSSR count). The van der Waals surface area contributed by atoms with Crippen LogP contribution in [0.2, 0.25) is 5.02 Å². The van der Waals surface area contributed by atoms with Crippen molar-refractivity contribution in [2.24, 2.45) is 5.92 Å². The Morgan fingerprint density at radius 2 is 1.62 bits per heavy atom. The zero-order chi connectivity index (χ0) is 19.8. The van der Waals surface area contributed by atoms with Gasteiger partial charge in [-0.2, -0.15) is 0 Å². The highest BCUT2D eigenvalue weighted by molar-refractivity contribution is 6.30. The van der Waals surface area contributed by atoms with Crippen molar-refractivity contribution in [2.45, 2.75) is 38.2 Å². The molecule has 0 amide bonds. The van der Waals surface area contributed by atoms with Crippen LogP contribution in [0.25, 0.3) is 32.9 Å². The predicted octanol–water partition coefficient (Wildman–Crippen LogP) is 7.32. The van der Waals surface area contributed by atoms with Crippen LogP contribution < -0.4 is 0 Å². The zero-order valence-corrected chi connectivity index (χ0v) is 17.1. The molecule has 1 aliphatic carbocycles. The first-order valence-electron chi connectivity index (χ1n) is 10.5. The number of benzene rings is 3. The highest BCUT2D eigenvalue weighted by Gasteiger charge is 2.25. The third-order valence-corrected chi connectivity index (χ3v) is 6.54. The van der Waals surface area contributed by atoms with Crippen molar-refractivity contribution in [3.63, 3.8) is 0 Å². The van der Waals surface area contributed by atoms with Crippen molar-refractivity contribution < 1.29 is 5.11 Å². The van der Waals surface area contributed by atoms with E-state index < -0.39 is 6.10 Å². The van der Waals surface area contributed by atoms with Crippen LogP contribution in [0.3, 0.4) is 0 Å². The van der Waals surface area contributed by atoms with Crippen LogP contribution in [-0.4, -0.2) is 10.1 Å². The summed E-state index contributed by atoms with van der Waals surface area (Å²) in [5.74, 6) is 0.318. The third-order valence-electron chi connectivity index (χ3n) is 6.29. The molecule has 1 atom stereocenters. The summed E-state index contributed by atoms with van der Waals surface area (Å²) >= 11 is 6.10. The number of fused-ring (bicyclic) bond motifs is 3. The molecule has 1 unspecified atom stereocenters. The number of hydrogen-bond donors (Lipinski definition) is 1. The minimum absolute atomic E-state index is 0.318. The molecular weight excluding hydrogens is 378 g/mol. The molecule has 0 bridgehead atoms. The van der Waals surface area contributed by atoms with Crippen LogP contribution in [0.4, 0.5) is 0 Å². The topological polar surface area (TPSA) is 33.1 Å². The molecule has 4 aromatic rings. The second-order valence-corrected chi connectivity index (χ2v) is 8.57. The van der Waals surface area contributed by atoms with Gasteiger partial charge in [-0.25, -0.2) is 4.98 Å². The van der Waals surface area contributed by atoms with E-state index in [4.69, 9.17) is 16.6 Å². The van der Waals surface area contributed by atoms with Crippen molar-refractivity contribution in [2.75, 3.05) is 0 Å². The minimum atomic E-state index is -0.465. The quantitative estimate of drug-likeness (QED) is 0.365. The summed E-state index contributed by atoms with van der Waals surface area (Å²) in [4.78, 5) is 5.04. The van der Waals surface area contributed by atoms with Gasteiger partial charge in [0.25, 0.3) is 0 Å². The maximum atomic E-state index is 11.4. The van der Waals surface area contributed by atoms with Gasteiger partial charge in [0.1, 0.15) is 0 Å². The lowest BCUT2D eigenvalue weighted by Gasteiger charge is -2.28. The summed E-state index contributed by atoms with van der Waals surface area (Å²) in [6.07, 6.45) is 5.41. The normalized spacial score (nSPS) is 16.3. The SMILES string of the molecule is OC(c1cc(-c2ccc(Cl)cc2)nc2c1ccc1ccccc12)C1CCCCC1. The van der Waals surface area contributed by atoms with Crippen molar-refractivity contribution in [3.8, 4) is 11.3 Å². The summed E-state index contributed by atoms with van der Waals surface area (Å²) in [5, 5.41) is 15.4. The largest absolute Gasteiger partial charge is 0.388 e. The summed E-state index contributed by atoms with van der Waals surface area (Å²) in [7, 11) is 0. The maximum absolute atomic E-state index is 11.4. The Bertz CT molecular complexity index is 1160. The number of halogens is 1. The number of aromatic nitrogens is 1. The third kappa shape index (κ3) is 3.52. The van der Waals surface area contributed by atoms with Gasteiger partial charge >= 0.3 is 0 Å². The first-order valence-corrected chi connectivity index (χ1v) is 10.8. The molecule has 0 radical (unpaired) electrons. The lowest BCUT2D eigenvalue weighted by Crippen LogP contribution is -2.16. The molecule has 29 heavy (non-hydrogen) atoms. The van der Waals surface area contributed by atoms with Crippen molar-refractivity contribution in [1.82, 2.24) is 4.98 Å². The lowest BCUT2D eigenvalue weighted by molar-refractivity contribution is 0.0861. The van der Waals surface area contributed by atoms with E-state index in [2.05, 4.69) is 42.5 Å². The summed E-state index contributed by atoms with van der Waals surface area (Å²) in [6.45, 7) is 0. The average Bonchev–Trinajstić information content (AvgIpc) is 2.79. The molecule has 3 heteroatoms. The van der Waals surface area contributed by atoms with Gasteiger partial charge in [0.15, 0.2) is 0 Å². The second kappa shape index (κ2) is 7.78. The Hall–Kier alpha value is -2.42. The monoisotopic (exact) mass is 401 g/mol. The second-order valence-electron chi connectivity index (χ2n) is 8.13. The van der Waals surface area contributed by atoms with E-state index in [0.29, 0.717) is 10.9 Å². The molecular formula is C26H24ClNO. The molecule has 146 valence electrons. The number of hydrogen-bond acceptors (Lipinski definition) is 2. The van der Waals surface area contributed by atoms with Gasteiger partial charge in [0.05, 0.1) is 17.3 Å². The Morgan fingerprint density at radius 3 is 2.41 bits per heavy atom. The van der Waals surface area contributed by atoms with Crippen molar-refractivity contribution in [3.05, 3.63) is 77.3 Å². The lowest BCUT2D eigenvalue weighted by atomic mass is 9.81. The predicted molar refractivity (Wildman–Crippen MR) is 121 cm³/mol. The van der Waals surface area contributed by atoms with Gasteiger partial charge in [0.2, 0.25) is 0 Å². The Labute approximate surface area is 176 Å². The Balaban J connectivity index is 1.75. The maximum Gasteiger partial charge on any atom is 0.0825 e. The smallest absolute Gasteiger partial charge is 0.0825 e. The Morgan fingerprint density at radius 1 is 0.862 bits per heavy atom. The van der Waals surface area contributed by atoms with Crippen LogP contribution in [0, 0.1) is 5.92 Å². The molecule has 1 aliphatic rings. The molecule has 0 spiro atoms. The van der Waals surface area contributed by atoms with Crippen LogP contribution in [0.5, 0.6) is 0 Å². The summed E-state index contributed by atoms with van der Waals surface area (Å²) in [5.41, 5.74) is 3.86. The van der Waals surface area contributed by atoms with Crippen LogP contribution in [0.15, 0.2) is 66.7 Å². The van der Waals surface area contributed by atoms with Crippen molar-refractivity contribution in [1.29, 1.82) is 0 Å². The van der Waals surface area contributed by atoms with Gasteiger partial charge in [-0.05, 0) is 47.9 Å². The van der Waals surface area contributed by atoms with E-state index >= 15 is 0 Å². The number of pyridine rings is 1. The standard InChI is InChI=1S/C26H24ClNO/c27-20-13-10-18(11-14-20)24-16-23(26(29)19-7-2-1-3-8-19)22-15-12-17-6-4-5-9-21(17)25(22)28-24/h4-6,9-16,19,26,29H,1-3,7-8H2. The van der Waals surface area contributed by atoms with Crippen LogP contribution >= 0.6 is 11.6 Å². The molecule has 1 heterocycles. The number of aliphatic hydroxyl groups is 1. The highest BCUT2D eigenvalue weighted by atomic mass is 35.5. The van der Waals surface area contributed by atoms with E-state index in [9.17, 15) is 5.11 Å². The number of aliphatic hydroxyl groups excluding tert-OH is 1.